The molecule has 0 saturated heterocycles. The van der Waals surface area contributed by atoms with Gasteiger partial charge in [-0.05, 0) is 30.0 Å². The number of carboxylic acid groups (broad SMARTS) is 1. The van der Waals surface area contributed by atoms with Crippen LogP contribution in [0.15, 0.2) is 35.8 Å². The minimum atomic E-state index is -0.997. The number of hydrogen-bond donors (Lipinski definition) is 1. The van der Waals surface area contributed by atoms with Crippen LogP contribution in [0.25, 0.3) is 0 Å². The van der Waals surface area contributed by atoms with Gasteiger partial charge < -0.3 is 10.0 Å². The third kappa shape index (κ3) is 3.07. The van der Waals surface area contributed by atoms with Crippen LogP contribution < -0.4 is 4.90 Å². The fraction of sp³-hybridized carbons (Fsp3) is 0.231. The minimum Gasteiger partial charge on any atom is -0.477 e. The lowest BCUT2D eigenvalue weighted by Gasteiger charge is -2.18. The summed E-state index contributed by atoms with van der Waals surface area (Å²) in [4.78, 5) is 18.0. The molecule has 0 aliphatic rings. The van der Waals surface area contributed by atoms with Crippen LogP contribution in [0.2, 0.25) is 0 Å². The van der Waals surface area contributed by atoms with Gasteiger partial charge in [-0.1, -0.05) is 6.07 Å². The Hall–Kier alpha value is -1.88. The Balaban J connectivity index is 1.96. The first-order valence-electron chi connectivity index (χ1n) is 5.59. The molecule has 2 rings (SSSR count). The number of rotatable bonds is 5. The lowest BCUT2D eigenvalue weighted by atomic mass is 10.3. The summed E-state index contributed by atoms with van der Waals surface area (Å²) in [6.07, 6.45) is 2.58. The predicted molar refractivity (Wildman–Crippen MR) is 72.5 cm³/mol. The van der Waals surface area contributed by atoms with Crippen LogP contribution in [0.5, 0.6) is 0 Å². The van der Waals surface area contributed by atoms with Crippen molar-refractivity contribution < 1.29 is 9.90 Å². The monoisotopic (exact) mass is 262 g/mol. The van der Waals surface area contributed by atoms with E-state index in [0.717, 1.165) is 18.7 Å². The molecule has 94 valence electrons. The molecule has 0 radical (unpaired) electrons. The van der Waals surface area contributed by atoms with Crippen molar-refractivity contribution >= 4 is 23.0 Å². The molecule has 0 aliphatic heterocycles. The van der Waals surface area contributed by atoms with Crippen LogP contribution in [0.3, 0.4) is 0 Å². The molecule has 2 aromatic heterocycles. The molecule has 0 spiro atoms. The maximum absolute atomic E-state index is 10.7. The number of likely N-dealkylation sites (N-methyl/N-ethyl adjacent to an activating group) is 1. The zero-order valence-corrected chi connectivity index (χ0v) is 10.9. The van der Waals surface area contributed by atoms with E-state index in [1.807, 2.05) is 13.1 Å². The highest BCUT2D eigenvalue weighted by Gasteiger charge is 2.06. The van der Waals surface area contributed by atoms with Crippen molar-refractivity contribution in [2.45, 2.75) is 6.42 Å². The average Bonchev–Trinajstić information content (AvgIpc) is 2.89. The third-order valence-corrected chi connectivity index (χ3v) is 3.62. The molecule has 0 aromatic carbocycles. The number of carbonyl (C=O) groups is 1. The van der Waals surface area contributed by atoms with Crippen LogP contribution in [0, 0.1) is 0 Å². The van der Waals surface area contributed by atoms with E-state index in [4.69, 9.17) is 5.11 Å². The molecule has 4 nitrogen and oxygen atoms in total. The fourth-order valence-electron chi connectivity index (χ4n) is 1.60. The van der Waals surface area contributed by atoms with Crippen LogP contribution in [0.1, 0.15) is 15.4 Å². The molecule has 0 aliphatic carbocycles. The number of carboxylic acids is 1. The predicted octanol–water partition coefficient (Wildman–Crippen LogP) is 2.52. The quantitative estimate of drug-likeness (QED) is 0.899. The van der Waals surface area contributed by atoms with Crippen LogP contribution >= 0.6 is 11.3 Å². The first-order valence-corrected chi connectivity index (χ1v) is 6.47. The van der Waals surface area contributed by atoms with E-state index in [0.29, 0.717) is 0 Å². The van der Waals surface area contributed by atoms with E-state index in [1.54, 1.807) is 23.6 Å². The summed E-state index contributed by atoms with van der Waals surface area (Å²) < 4.78 is 0. The average molecular weight is 262 g/mol. The minimum absolute atomic E-state index is 0.0745. The maximum Gasteiger partial charge on any atom is 0.354 e. The van der Waals surface area contributed by atoms with Gasteiger partial charge >= 0.3 is 5.97 Å². The van der Waals surface area contributed by atoms with Gasteiger partial charge in [0.05, 0.1) is 11.9 Å². The van der Waals surface area contributed by atoms with Gasteiger partial charge in [-0.3, -0.25) is 0 Å². The molecule has 0 bridgehead atoms. The fourth-order valence-corrected chi connectivity index (χ4v) is 2.30. The molecule has 2 heterocycles. The Kier molecular flexibility index (Phi) is 3.94. The maximum atomic E-state index is 10.7. The van der Waals surface area contributed by atoms with Crippen LogP contribution in [-0.4, -0.2) is 29.7 Å². The summed E-state index contributed by atoms with van der Waals surface area (Å²) in [6.45, 7) is 0.884. The van der Waals surface area contributed by atoms with E-state index in [2.05, 4.69) is 21.3 Å². The second kappa shape index (κ2) is 5.64. The topological polar surface area (TPSA) is 53.4 Å². The van der Waals surface area contributed by atoms with Crippen molar-refractivity contribution in [3.05, 3.63) is 46.4 Å². The summed E-state index contributed by atoms with van der Waals surface area (Å²) in [5.41, 5.74) is 1.00. The number of aromatic nitrogens is 1. The molecule has 0 atom stereocenters. The second-order valence-corrected chi connectivity index (χ2v) is 4.99. The van der Waals surface area contributed by atoms with Crippen molar-refractivity contribution in [2.24, 2.45) is 0 Å². The number of hydrogen-bond acceptors (Lipinski definition) is 4. The number of nitrogens with zero attached hydrogens (tertiary/aromatic N) is 2. The normalized spacial score (nSPS) is 10.3. The van der Waals surface area contributed by atoms with Gasteiger partial charge in [0, 0.05) is 18.5 Å². The molecule has 0 amide bonds. The molecule has 0 fully saturated rings. The van der Waals surface area contributed by atoms with Gasteiger partial charge in [-0.25, -0.2) is 9.78 Å². The third-order valence-electron chi connectivity index (χ3n) is 2.68. The highest BCUT2D eigenvalue weighted by molar-refractivity contribution is 7.09. The number of anilines is 1. The van der Waals surface area contributed by atoms with E-state index in [9.17, 15) is 4.79 Å². The van der Waals surface area contributed by atoms with E-state index in [-0.39, 0.29) is 5.69 Å². The zero-order chi connectivity index (χ0) is 13.0. The van der Waals surface area contributed by atoms with Gasteiger partial charge in [0.2, 0.25) is 0 Å². The Morgan fingerprint density at radius 3 is 2.83 bits per heavy atom. The van der Waals surface area contributed by atoms with Crippen molar-refractivity contribution in [3.63, 3.8) is 0 Å². The molecule has 0 unspecified atom stereocenters. The summed E-state index contributed by atoms with van der Waals surface area (Å²) in [5.74, 6) is -0.997. The molecule has 1 N–H and O–H groups in total. The zero-order valence-electron chi connectivity index (χ0n) is 10.0. The van der Waals surface area contributed by atoms with E-state index < -0.39 is 5.97 Å². The second-order valence-electron chi connectivity index (χ2n) is 3.96. The molecule has 2 aromatic rings. The van der Waals surface area contributed by atoms with E-state index in [1.165, 1.54) is 10.9 Å². The Labute approximate surface area is 110 Å². The summed E-state index contributed by atoms with van der Waals surface area (Å²) in [6, 6.07) is 7.47. The Bertz CT molecular complexity index is 508. The van der Waals surface area contributed by atoms with Gasteiger partial charge in [0.25, 0.3) is 0 Å². The molecule has 18 heavy (non-hydrogen) atoms. The lowest BCUT2D eigenvalue weighted by Crippen LogP contribution is -2.20. The Morgan fingerprint density at radius 1 is 1.44 bits per heavy atom. The first-order chi connectivity index (χ1) is 8.66. The number of pyridine rings is 1. The van der Waals surface area contributed by atoms with Crippen LogP contribution in [-0.2, 0) is 6.42 Å². The van der Waals surface area contributed by atoms with Crippen molar-refractivity contribution in [2.75, 3.05) is 18.5 Å². The number of aromatic carboxylic acids is 1. The van der Waals surface area contributed by atoms with Crippen molar-refractivity contribution in [1.82, 2.24) is 4.98 Å². The summed E-state index contributed by atoms with van der Waals surface area (Å²) in [5, 5.41) is 10.8. The molecular formula is C13H14N2O2S. The molecule has 0 saturated carbocycles. The number of thiophene rings is 1. The van der Waals surface area contributed by atoms with Crippen molar-refractivity contribution in [1.29, 1.82) is 0 Å². The standard InChI is InChI=1S/C13H14N2O2S/c1-15(7-6-11-3-2-8-18-11)10-4-5-12(13(16)17)14-9-10/h2-5,8-9H,6-7H2,1H3,(H,16,17). The van der Waals surface area contributed by atoms with E-state index >= 15 is 0 Å². The molecular weight excluding hydrogens is 248 g/mol. The Morgan fingerprint density at radius 2 is 2.28 bits per heavy atom. The van der Waals surface area contributed by atoms with Gasteiger partial charge in [0.15, 0.2) is 0 Å². The van der Waals surface area contributed by atoms with Gasteiger partial charge in [-0.15, -0.1) is 11.3 Å². The smallest absolute Gasteiger partial charge is 0.354 e. The van der Waals surface area contributed by atoms with Crippen molar-refractivity contribution in [3.8, 4) is 0 Å². The summed E-state index contributed by atoms with van der Waals surface area (Å²) in [7, 11) is 1.98. The highest BCUT2D eigenvalue weighted by atomic mass is 32.1. The van der Waals surface area contributed by atoms with Gasteiger partial charge in [0.1, 0.15) is 5.69 Å². The SMILES string of the molecule is CN(CCc1cccs1)c1ccc(C(=O)O)nc1. The largest absolute Gasteiger partial charge is 0.477 e. The first kappa shape index (κ1) is 12.6. The van der Waals surface area contributed by atoms with Gasteiger partial charge in [-0.2, -0.15) is 0 Å². The van der Waals surface area contributed by atoms with Crippen LogP contribution in [0.4, 0.5) is 5.69 Å². The summed E-state index contributed by atoms with van der Waals surface area (Å²) >= 11 is 1.75. The molecule has 5 heteroatoms. The lowest BCUT2D eigenvalue weighted by molar-refractivity contribution is 0.0690. The highest BCUT2D eigenvalue weighted by Crippen LogP contribution is 2.14.